The maximum Gasteiger partial charge on any atom is 0.121 e. The van der Waals surface area contributed by atoms with E-state index >= 15 is 0 Å². The Morgan fingerprint density at radius 3 is 3.00 bits per heavy atom. The molecule has 0 spiro atoms. The maximum absolute atomic E-state index is 5.10. The minimum absolute atomic E-state index is 0.742. The molecule has 0 aromatic heterocycles. The summed E-state index contributed by atoms with van der Waals surface area (Å²) in [7, 11) is 1.65. The van der Waals surface area contributed by atoms with Crippen molar-refractivity contribution in [2.24, 2.45) is 0 Å². The summed E-state index contributed by atoms with van der Waals surface area (Å²) in [6, 6.07) is 5.79. The highest BCUT2D eigenvalue weighted by atomic mass is 79.9. The maximum atomic E-state index is 5.10. The van der Waals surface area contributed by atoms with E-state index < -0.39 is 0 Å². The van der Waals surface area contributed by atoms with Crippen LogP contribution in [-0.4, -0.2) is 13.7 Å². The molecule has 0 atom stereocenters. The molecule has 1 rings (SSSR count). The number of hydrogen-bond donors (Lipinski definition) is 1. The molecule has 70 valence electrons. The van der Waals surface area contributed by atoms with Crippen molar-refractivity contribution in [1.29, 1.82) is 0 Å². The summed E-state index contributed by atoms with van der Waals surface area (Å²) < 4.78 is 6.13. The van der Waals surface area contributed by atoms with Gasteiger partial charge in [-0.25, -0.2) is 0 Å². The summed E-state index contributed by atoms with van der Waals surface area (Å²) in [5.41, 5.74) is 1.01. The third-order valence-corrected chi connectivity index (χ3v) is 2.30. The van der Waals surface area contributed by atoms with Crippen molar-refractivity contribution in [1.82, 2.24) is 0 Å². The second-order valence-electron chi connectivity index (χ2n) is 2.52. The first-order valence-electron chi connectivity index (χ1n) is 3.96. The van der Waals surface area contributed by atoms with E-state index in [-0.39, 0.29) is 0 Å². The van der Waals surface area contributed by atoms with Gasteiger partial charge in [-0.1, -0.05) is 6.08 Å². The Kier molecular flexibility index (Phi) is 3.83. The molecule has 2 nitrogen and oxygen atoms in total. The summed E-state index contributed by atoms with van der Waals surface area (Å²) >= 11 is 3.44. The van der Waals surface area contributed by atoms with E-state index in [0.717, 1.165) is 22.5 Å². The highest BCUT2D eigenvalue weighted by Crippen LogP contribution is 2.26. The lowest BCUT2D eigenvalue weighted by Gasteiger charge is -2.07. The second kappa shape index (κ2) is 4.92. The Balaban J connectivity index is 2.83. The van der Waals surface area contributed by atoms with Gasteiger partial charge in [0.25, 0.3) is 0 Å². The monoisotopic (exact) mass is 241 g/mol. The minimum atomic E-state index is 0.742. The molecule has 3 heteroatoms. The summed E-state index contributed by atoms with van der Waals surface area (Å²) in [4.78, 5) is 0. The van der Waals surface area contributed by atoms with Crippen molar-refractivity contribution in [3.63, 3.8) is 0 Å². The fourth-order valence-electron chi connectivity index (χ4n) is 0.949. The van der Waals surface area contributed by atoms with Gasteiger partial charge >= 0.3 is 0 Å². The molecule has 1 aromatic carbocycles. The Labute approximate surface area is 86.7 Å². The summed E-state index contributed by atoms with van der Waals surface area (Å²) in [6.07, 6.45) is 1.81. The third-order valence-electron chi connectivity index (χ3n) is 1.61. The first-order chi connectivity index (χ1) is 6.27. The van der Waals surface area contributed by atoms with E-state index in [1.807, 2.05) is 24.3 Å². The zero-order valence-electron chi connectivity index (χ0n) is 7.51. The van der Waals surface area contributed by atoms with Crippen LogP contribution in [0.4, 0.5) is 5.69 Å². The highest BCUT2D eigenvalue weighted by molar-refractivity contribution is 9.10. The average Bonchev–Trinajstić information content (AvgIpc) is 2.17. The predicted molar refractivity (Wildman–Crippen MR) is 59.4 cm³/mol. The second-order valence-corrected chi connectivity index (χ2v) is 3.37. The van der Waals surface area contributed by atoms with Crippen LogP contribution in [0.3, 0.4) is 0 Å². The van der Waals surface area contributed by atoms with Gasteiger partial charge in [0.1, 0.15) is 5.75 Å². The molecule has 0 heterocycles. The van der Waals surface area contributed by atoms with Crippen LogP contribution in [0.1, 0.15) is 0 Å². The van der Waals surface area contributed by atoms with Gasteiger partial charge in [-0.2, -0.15) is 0 Å². The number of hydrogen-bond acceptors (Lipinski definition) is 2. The minimum Gasteiger partial charge on any atom is -0.497 e. The molecule has 0 radical (unpaired) electrons. The van der Waals surface area contributed by atoms with Crippen LogP contribution in [0.25, 0.3) is 0 Å². The van der Waals surface area contributed by atoms with Gasteiger partial charge in [0.2, 0.25) is 0 Å². The SMILES string of the molecule is C=CCNc1cc(OC)ccc1Br. The first-order valence-corrected chi connectivity index (χ1v) is 4.75. The molecule has 1 N–H and O–H groups in total. The molecule has 1 aromatic rings. The molecule has 0 unspecified atom stereocenters. The molecule has 0 aliphatic heterocycles. The molecule has 13 heavy (non-hydrogen) atoms. The number of halogens is 1. The fraction of sp³-hybridized carbons (Fsp3) is 0.200. The molecule has 0 saturated heterocycles. The van der Waals surface area contributed by atoms with Crippen molar-refractivity contribution in [3.05, 3.63) is 35.3 Å². The van der Waals surface area contributed by atoms with E-state index in [0.29, 0.717) is 0 Å². The summed E-state index contributed by atoms with van der Waals surface area (Å²) in [6.45, 7) is 4.38. The van der Waals surface area contributed by atoms with Crippen LogP contribution in [0.5, 0.6) is 5.75 Å². The molecule has 0 saturated carbocycles. The van der Waals surface area contributed by atoms with Gasteiger partial charge in [-0.05, 0) is 28.1 Å². The van der Waals surface area contributed by atoms with E-state index in [4.69, 9.17) is 4.74 Å². The van der Waals surface area contributed by atoms with Gasteiger partial charge in [0, 0.05) is 17.1 Å². The Morgan fingerprint density at radius 2 is 2.38 bits per heavy atom. The van der Waals surface area contributed by atoms with Gasteiger partial charge < -0.3 is 10.1 Å². The van der Waals surface area contributed by atoms with Gasteiger partial charge in [0.05, 0.1) is 12.8 Å². The highest BCUT2D eigenvalue weighted by Gasteiger charge is 1.99. The van der Waals surface area contributed by atoms with E-state index in [9.17, 15) is 0 Å². The Hall–Kier alpha value is -0.960. The zero-order chi connectivity index (χ0) is 9.68. The number of nitrogens with one attached hydrogen (secondary N) is 1. The third kappa shape index (κ3) is 2.77. The lowest BCUT2D eigenvalue weighted by Crippen LogP contribution is -1.98. The number of rotatable bonds is 4. The van der Waals surface area contributed by atoms with Gasteiger partial charge in [-0.3, -0.25) is 0 Å². The molecule has 0 fully saturated rings. The number of ether oxygens (including phenoxy) is 1. The molecule has 0 aliphatic rings. The van der Waals surface area contributed by atoms with Crippen molar-refractivity contribution >= 4 is 21.6 Å². The lowest BCUT2D eigenvalue weighted by molar-refractivity contribution is 0.415. The van der Waals surface area contributed by atoms with Crippen molar-refractivity contribution < 1.29 is 4.74 Å². The molecular formula is C10H12BrNO. The average molecular weight is 242 g/mol. The quantitative estimate of drug-likeness (QED) is 0.819. The normalized spacial score (nSPS) is 9.38. The van der Waals surface area contributed by atoms with Gasteiger partial charge in [-0.15, -0.1) is 6.58 Å². The number of anilines is 1. The number of benzene rings is 1. The molecule has 0 aliphatic carbocycles. The van der Waals surface area contributed by atoms with Crippen LogP contribution in [0.2, 0.25) is 0 Å². The van der Waals surface area contributed by atoms with Crippen LogP contribution < -0.4 is 10.1 Å². The summed E-state index contributed by atoms with van der Waals surface area (Å²) in [5, 5.41) is 3.19. The number of methoxy groups -OCH3 is 1. The summed E-state index contributed by atoms with van der Waals surface area (Å²) in [5.74, 6) is 0.842. The fourth-order valence-corrected chi connectivity index (χ4v) is 1.34. The van der Waals surface area contributed by atoms with E-state index in [1.165, 1.54) is 0 Å². The molecule has 0 amide bonds. The van der Waals surface area contributed by atoms with Gasteiger partial charge in [0.15, 0.2) is 0 Å². The van der Waals surface area contributed by atoms with Crippen LogP contribution >= 0.6 is 15.9 Å². The first kappa shape index (κ1) is 10.1. The largest absolute Gasteiger partial charge is 0.497 e. The molecular weight excluding hydrogens is 230 g/mol. The Bertz CT molecular complexity index is 299. The van der Waals surface area contributed by atoms with Crippen LogP contribution in [0.15, 0.2) is 35.3 Å². The topological polar surface area (TPSA) is 21.3 Å². The van der Waals surface area contributed by atoms with Crippen molar-refractivity contribution in [2.75, 3.05) is 19.0 Å². The Morgan fingerprint density at radius 1 is 1.62 bits per heavy atom. The van der Waals surface area contributed by atoms with Crippen molar-refractivity contribution in [2.45, 2.75) is 0 Å². The van der Waals surface area contributed by atoms with E-state index in [2.05, 4.69) is 27.8 Å². The smallest absolute Gasteiger partial charge is 0.121 e. The predicted octanol–water partition coefficient (Wildman–Crippen LogP) is 3.06. The van der Waals surface area contributed by atoms with Crippen LogP contribution in [-0.2, 0) is 0 Å². The lowest BCUT2D eigenvalue weighted by atomic mass is 10.3. The van der Waals surface area contributed by atoms with E-state index in [1.54, 1.807) is 7.11 Å². The standard InChI is InChI=1S/C10H12BrNO/c1-3-6-12-10-7-8(13-2)4-5-9(10)11/h3-5,7,12H,1,6H2,2H3. The zero-order valence-corrected chi connectivity index (χ0v) is 9.10. The van der Waals surface area contributed by atoms with Crippen molar-refractivity contribution in [3.8, 4) is 5.75 Å². The molecule has 0 bridgehead atoms. The van der Waals surface area contributed by atoms with Crippen LogP contribution in [0, 0.1) is 0 Å².